The third kappa shape index (κ3) is 1.93. The molecule has 0 fully saturated rings. The van der Waals surface area contributed by atoms with Crippen molar-refractivity contribution < 1.29 is 4.74 Å². The summed E-state index contributed by atoms with van der Waals surface area (Å²) in [6.07, 6.45) is 0. The van der Waals surface area contributed by atoms with Crippen molar-refractivity contribution in [3.8, 4) is 5.75 Å². The van der Waals surface area contributed by atoms with Crippen LogP contribution in [-0.4, -0.2) is 17.1 Å². The molecule has 0 aliphatic carbocycles. The van der Waals surface area contributed by atoms with Crippen molar-refractivity contribution in [2.75, 3.05) is 18.2 Å². The maximum atomic E-state index is 5.76. The van der Waals surface area contributed by atoms with Gasteiger partial charge in [0.15, 0.2) is 5.82 Å². The first-order valence-electron chi connectivity index (χ1n) is 4.93. The fourth-order valence-electron chi connectivity index (χ4n) is 1.48. The second kappa shape index (κ2) is 4.14. The van der Waals surface area contributed by atoms with E-state index in [-0.39, 0.29) is 0 Å². The lowest BCUT2D eigenvalue weighted by atomic mass is 10.3. The molecule has 0 aliphatic heterocycles. The van der Waals surface area contributed by atoms with Crippen molar-refractivity contribution in [3.05, 3.63) is 30.1 Å². The molecular formula is C11H14N4O. The Kier molecular flexibility index (Phi) is 2.68. The van der Waals surface area contributed by atoms with Crippen LogP contribution in [-0.2, 0) is 0 Å². The van der Waals surface area contributed by atoms with Crippen LogP contribution in [0.3, 0.4) is 0 Å². The molecule has 16 heavy (non-hydrogen) atoms. The predicted molar refractivity (Wildman–Crippen MR) is 64.0 cm³/mol. The van der Waals surface area contributed by atoms with E-state index in [9.17, 15) is 0 Å². The van der Waals surface area contributed by atoms with Gasteiger partial charge in [0.2, 0.25) is 0 Å². The van der Waals surface area contributed by atoms with E-state index < -0.39 is 0 Å². The topological polar surface area (TPSA) is 76.0 Å². The summed E-state index contributed by atoms with van der Waals surface area (Å²) >= 11 is 0. The fourth-order valence-corrected chi connectivity index (χ4v) is 1.48. The van der Waals surface area contributed by atoms with Crippen LogP contribution in [0.15, 0.2) is 24.3 Å². The lowest BCUT2D eigenvalue weighted by Gasteiger charge is -2.08. The number of para-hydroxylation sites is 2. The number of ether oxygens (including phenoxy) is 1. The van der Waals surface area contributed by atoms with Crippen molar-refractivity contribution in [2.24, 2.45) is 0 Å². The fraction of sp³-hybridized carbons (Fsp3) is 0.182. The zero-order valence-corrected chi connectivity index (χ0v) is 9.24. The van der Waals surface area contributed by atoms with Crippen molar-refractivity contribution in [2.45, 2.75) is 6.92 Å². The number of H-pyrrole nitrogens is 1. The van der Waals surface area contributed by atoms with Gasteiger partial charge in [0.25, 0.3) is 0 Å². The average molecular weight is 218 g/mol. The largest absolute Gasteiger partial charge is 0.495 e. The molecule has 0 aliphatic rings. The number of benzene rings is 1. The van der Waals surface area contributed by atoms with E-state index in [0.717, 1.165) is 17.3 Å². The molecule has 0 saturated carbocycles. The molecule has 0 amide bonds. The van der Waals surface area contributed by atoms with E-state index in [1.165, 1.54) is 0 Å². The molecule has 4 N–H and O–H groups in total. The molecule has 0 unspecified atom stereocenters. The first kappa shape index (κ1) is 10.4. The lowest BCUT2D eigenvalue weighted by Crippen LogP contribution is -1.97. The highest BCUT2D eigenvalue weighted by Gasteiger charge is 2.07. The van der Waals surface area contributed by atoms with Crippen LogP contribution in [0.25, 0.3) is 0 Å². The number of imidazole rings is 1. The number of nitrogens with one attached hydrogen (secondary N) is 2. The number of aromatic nitrogens is 2. The van der Waals surface area contributed by atoms with Crippen molar-refractivity contribution in [1.82, 2.24) is 9.97 Å². The molecule has 5 nitrogen and oxygen atoms in total. The Bertz CT molecular complexity index is 492. The minimum absolute atomic E-state index is 0.517. The maximum Gasteiger partial charge on any atom is 0.173 e. The van der Waals surface area contributed by atoms with E-state index in [4.69, 9.17) is 10.5 Å². The third-order valence-electron chi connectivity index (χ3n) is 2.21. The van der Waals surface area contributed by atoms with Crippen LogP contribution in [0.1, 0.15) is 5.82 Å². The van der Waals surface area contributed by atoms with Crippen LogP contribution in [0, 0.1) is 6.92 Å². The van der Waals surface area contributed by atoms with Gasteiger partial charge in [-0.3, -0.25) is 0 Å². The average Bonchev–Trinajstić information content (AvgIpc) is 2.58. The van der Waals surface area contributed by atoms with Gasteiger partial charge < -0.3 is 20.8 Å². The Morgan fingerprint density at radius 3 is 2.75 bits per heavy atom. The highest BCUT2D eigenvalue weighted by Crippen LogP contribution is 2.28. The zero-order valence-electron chi connectivity index (χ0n) is 9.24. The number of hydrogen-bond acceptors (Lipinski definition) is 4. The summed E-state index contributed by atoms with van der Waals surface area (Å²) in [6, 6.07) is 7.60. The summed E-state index contributed by atoms with van der Waals surface area (Å²) in [5.41, 5.74) is 6.60. The Morgan fingerprint density at radius 1 is 1.38 bits per heavy atom. The number of methoxy groups -OCH3 is 1. The standard InChI is InChI=1S/C11H14N4O/c1-7-13-10(12)11(14-7)15-8-5-3-4-6-9(8)16-2/h3-6,15H,12H2,1-2H3,(H,13,14). The van der Waals surface area contributed by atoms with Gasteiger partial charge in [0.1, 0.15) is 17.4 Å². The van der Waals surface area contributed by atoms with Crippen LogP contribution in [0.2, 0.25) is 0 Å². The Labute approximate surface area is 93.7 Å². The van der Waals surface area contributed by atoms with Gasteiger partial charge in [-0.15, -0.1) is 0 Å². The Balaban J connectivity index is 2.30. The molecule has 5 heteroatoms. The summed E-state index contributed by atoms with van der Waals surface area (Å²) in [5, 5.41) is 3.12. The highest BCUT2D eigenvalue weighted by molar-refractivity contribution is 5.70. The molecule has 2 aromatic rings. The molecule has 1 aromatic carbocycles. The van der Waals surface area contributed by atoms with Crippen molar-refractivity contribution in [3.63, 3.8) is 0 Å². The molecule has 0 bridgehead atoms. The number of nitrogens with two attached hydrogens (primary N) is 1. The first-order valence-corrected chi connectivity index (χ1v) is 4.93. The molecule has 0 radical (unpaired) electrons. The third-order valence-corrected chi connectivity index (χ3v) is 2.21. The summed E-state index contributed by atoms with van der Waals surface area (Å²) in [7, 11) is 1.62. The van der Waals surface area contributed by atoms with Gasteiger partial charge in [-0.05, 0) is 19.1 Å². The lowest BCUT2D eigenvalue weighted by molar-refractivity contribution is 0.417. The molecule has 0 spiro atoms. The normalized spacial score (nSPS) is 10.1. The second-order valence-corrected chi connectivity index (χ2v) is 3.41. The first-order chi connectivity index (χ1) is 7.70. The van der Waals surface area contributed by atoms with Gasteiger partial charge in [-0.1, -0.05) is 12.1 Å². The molecule has 0 atom stereocenters. The second-order valence-electron chi connectivity index (χ2n) is 3.41. The molecule has 84 valence electrons. The van der Waals surface area contributed by atoms with Crippen LogP contribution in [0.5, 0.6) is 5.75 Å². The quantitative estimate of drug-likeness (QED) is 0.737. The number of anilines is 3. The van der Waals surface area contributed by atoms with Crippen LogP contribution in [0.4, 0.5) is 17.3 Å². The summed E-state index contributed by atoms with van der Waals surface area (Å²) in [4.78, 5) is 7.16. The van der Waals surface area contributed by atoms with E-state index in [1.807, 2.05) is 31.2 Å². The van der Waals surface area contributed by atoms with Gasteiger partial charge in [-0.25, -0.2) is 4.98 Å². The number of aromatic amines is 1. The Hall–Kier alpha value is -2.17. The van der Waals surface area contributed by atoms with E-state index in [0.29, 0.717) is 11.6 Å². The highest BCUT2D eigenvalue weighted by atomic mass is 16.5. The molecule has 2 rings (SSSR count). The molecule has 1 heterocycles. The summed E-state index contributed by atoms with van der Waals surface area (Å²) in [5.74, 6) is 2.66. The number of rotatable bonds is 3. The van der Waals surface area contributed by atoms with Gasteiger partial charge in [-0.2, -0.15) is 0 Å². The summed E-state index contributed by atoms with van der Waals surface area (Å²) in [6.45, 7) is 1.85. The molecular weight excluding hydrogens is 204 g/mol. The SMILES string of the molecule is COc1ccccc1Nc1nc(C)[nH]c1N. The zero-order chi connectivity index (χ0) is 11.5. The summed E-state index contributed by atoms with van der Waals surface area (Å²) < 4.78 is 5.22. The monoisotopic (exact) mass is 218 g/mol. The minimum atomic E-state index is 0.517. The van der Waals surface area contributed by atoms with E-state index in [1.54, 1.807) is 7.11 Å². The maximum absolute atomic E-state index is 5.76. The number of nitrogen functional groups attached to an aromatic ring is 1. The number of nitrogens with zero attached hydrogens (tertiary/aromatic N) is 1. The smallest absolute Gasteiger partial charge is 0.173 e. The van der Waals surface area contributed by atoms with E-state index in [2.05, 4.69) is 15.3 Å². The Morgan fingerprint density at radius 2 is 2.12 bits per heavy atom. The molecule has 1 aromatic heterocycles. The van der Waals surface area contributed by atoms with Gasteiger partial charge in [0, 0.05) is 0 Å². The van der Waals surface area contributed by atoms with Gasteiger partial charge >= 0.3 is 0 Å². The van der Waals surface area contributed by atoms with Gasteiger partial charge in [0.05, 0.1) is 12.8 Å². The number of aryl methyl sites for hydroxylation is 1. The van der Waals surface area contributed by atoms with Crippen LogP contribution >= 0.6 is 0 Å². The number of hydrogen-bond donors (Lipinski definition) is 3. The van der Waals surface area contributed by atoms with E-state index >= 15 is 0 Å². The van der Waals surface area contributed by atoms with Crippen molar-refractivity contribution in [1.29, 1.82) is 0 Å². The molecule has 0 saturated heterocycles. The van der Waals surface area contributed by atoms with Crippen LogP contribution < -0.4 is 15.8 Å². The van der Waals surface area contributed by atoms with Crippen molar-refractivity contribution >= 4 is 17.3 Å². The minimum Gasteiger partial charge on any atom is -0.495 e. The predicted octanol–water partition coefficient (Wildman–Crippen LogP) is 2.05.